The first-order valence-corrected chi connectivity index (χ1v) is 6.78. The van der Waals surface area contributed by atoms with E-state index < -0.39 is 0 Å². The van der Waals surface area contributed by atoms with Gasteiger partial charge in [0.1, 0.15) is 11.1 Å². The van der Waals surface area contributed by atoms with Gasteiger partial charge in [-0.2, -0.15) is 0 Å². The van der Waals surface area contributed by atoms with E-state index in [1.165, 1.54) is 11.3 Å². The molecule has 0 fully saturated rings. The number of carbonyl (C=O) groups excluding carboxylic acids is 1. The Bertz CT molecular complexity index is 379. The highest BCUT2D eigenvalue weighted by molar-refractivity contribution is 7.09. The van der Waals surface area contributed by atoms with Crippen molar-refractivity contribution in [3.8, 4) is 0 Å². The fourth-order valence-electron chi connectivity index (χ4n) is 1.72. The summed E-state index contributed by atoms with van der Waals surface area (Å²) in [6, 6.07) is 0. The Kier molecular flexibility index (Phi) is 4.83. The number of hydrogen-bond donors (Lipinski definition) is 0. The molecule has 4 heteroatoms. The highest BCUT2D eigenvalue weighted by atomic mass is 32.1. The maximum absolute atomic E-state index is 12.2. The van der Waals surface area contributed by atoms with Crippen LogP contribution in [0.1, 0.15) is 38.4 Å². The molecule has 0 aliphatic rings. The number of carbonyl (C=O) groups is 1. The fraction of sp³-hybridized carbons (Fsp3) is 0.692. The van der Waals surface area contributed by atoms with Crippen molar-refractivity contribution in [3.05, 3.63) is 16.1 Å². The normalized spacial score (nSPS) is 13.7. The van der Waals surface area contributed by atoms with E-state index in [0.717, 1.165) is 10.7 Å². The standard InChI is InChI=1S/C13H21NO2S/c1-6-16-12(13(3,4)5)10(15)7-11-14-9(2)8-17-11/h8,12H,6-7H2,1-5H3. The molecule has 0 saturated heterocycles. The van der Waals surface area contributed by atoms with Crippen molar-refractivity contribution >= 4 is 17.1 Å². The van der Waals surface area contributed by atoms with Gasteiger partial charge in [0, 0.05) is 17.7 Å². The van der Waals surface area contributed by atoms with Crippen LogP contribution in [0.5, 0.6) is 0 Å². The lowest BCUT2D eigenvalue weighted by Gasteiger charge is -2.28. The van der Waals surface area contributed by atoms with Crippen LogP contribution in [0.2, 0.25) is 0 Å². The van der Waals surface area contributed by atoms with Crippen molar-refractivity contribution in [3.63, 3.8) is 0 Å². The Morgan fingerprint density at radius 1 is 1.53 bits per heavy atom. The molecule has 0 N–H and O–H groups in total. The summed E-state index contributed by atoms with van der Waals surface area (Å²) in [5, 5.41) is 2.84. The first-order chi connectivity index (χ1) is 7.84. The Morgan fingerprint density at radius 2 is 2.18 bits per heavy atom. The van der Waals surface area contributed by atoms with E-state index in [0.29, 0.717) is 13.0 Å². The third-order valence-electron chi connectivity index (χ3n) is 2.40. The lowest BCUT2D eigenvalue weighted by atomic mass is 9.85. The van der Waals surface area contributed by atoms with Crippen LogP contribution in [-0.2, 0) is 16.0 Å². The lowest BCUT2D eigenvalue weighted by molar-refractivity contribution is -0.136. The van der Waals surface area contributed by atoms with Gasteiger partial charge in [-0.1, -0.05) is 20.8 Å². The molecule has 1 unspecified atom stereocenters. The van der Waals surface area contributed by atoms with Gasteiger partial charge in [-0.05, 0) is 19.3 Å². The van der Waals surface area contributed by atoms with E-state index in [4.69, 9.17) is 4.74 Å². The molecule has 1 aromatic heterocycles. The van der Waals surface area contributed by atoms with E-state index in [-0.39, 0.29) is 17.3 Å². The summed E-state index contributed by atoms with van der Waals surface area (Å²) < 4.78 is 5.57. The van der Waals surface area contributed by atoms with Crippen molar-refractivity contribution < 1.29 is 9.53 Å². The fourth-order valence-corrected chi connectivity index (χ4v) is 2.50. The summed E-state index contributed by atoms with van der Waals surface area (Å²) in [5.41, 5.74) is 0.806. The molecule has 0 amide bonds. The van der Waals surface area contributed by atoms with E-state index in [2.05, 4.69) is 4.98 Å². The van der Waals surface area contributed by atoms with Crippen molar-refractivity contribution in [2.45, 2.75) is 47.1 Å². The number of Topliss-reactive ketones (excluding diaryl/α,β-unsaturated/α-hetero) is 1. The Hall–Kier alpha value is -0.740. The molecule has 1 atom stereocenters. The predicted molar refractivity (Wildman–Crippen MR) is 70.4 cm³/mol. The van der Waals surface area contributed by atoms with E-state index >= 15 is 0 Å². The number of nitrogens with zero attached hydrogens (tertiary/aromatic N) is 1. The van der Waals surface area contributed by atoms with Crippen molar-refractivity contribution in [1.82, 2.24) is 4.98 Å². The molecule has 96 valence electrons. The second-order valence-corrected chi connectivity index (χ2v) is 6.17. The Morgan fingerprint density at radius 3 is 2.59 bits per heavy atom. The van der Waals surface area contributed by atoms with Crippen LogP contribution in [0.15, 0.2) is 5.38 Å². The Balaban J connectivity index is 2.72. The van der Waals surface area contributed by atoms with Gasteiger partial charge >= 0.3 is 0 Å². The summed E-state index contributed by atoms with van der Waals surface area (Å²) in [4.78, 5) is 16.5. The molecular formula is C13H21NO2S. The molecule has 0 aliphatic heterocycles. The molecule has 3 nitrogen and oxygen atoms in total. The monoisotopic (exact) mass is 255 g/mol. The molecule has 1 rings (SSSR count). The maximum Gasteiger partial charge on any atom is 0.168 e. The third kappa shape index (κ3) is 4.21. The minimum atomic E-state index is -0.350. The van der Waals surface area contributed by atoms with Crippen molar-refractivity contribution in [2.24, 2.45) is 5.41 Å². The van der Waals surface area contributed by atoms with Gasteiger partial charge in [0.15, 0.2) is 5.78 Å². The number of ether oxygens (including phenoxy) is 1. The number of aryl methyl sites for hydroxylation is 1. The van der Waals surface area contributed by atoms with E-state index in [1.54, 1.807) is 0 Å². The molecule has 0 saturated carbocycles. The van der Waals surface area contributed by atoms with Crippen LogP contribution in [0.4, 0.5) is 0 Å². The molecule has 0 radical (unpaired) electrons. The third-order valence-corrected chi connectivity index (χ3v) is 3.37. The molecule has 1 aromatic rings. The maximum atomic E-state index is 12.2. The first-order valence-electron chi connectivity index (χ1n) is 5.90. The highest BCUT2D eigenvalue weighted by Gasteiger charge is 2.31. The van der Waals surface area contributed by atoms with Crippen LogP contribution in [0.3, 0.4) is 0 Å². The lowest BCUT2D eigenvalue weighted by Crippen LogP contribution is -2.38. The smallest absolute Gasteiger partial charge is 0.168 e. The minimum Gasteiger partial charge on any atom is -0.370 e. The Labute approximate surface area is 107 Å². The second-order valence-electron chi connectivity index (χ2n) is 5.23. The molecule has 17 heavy (non-hydrogen) atoms. The van der Waals surface area contributed by atoms with Gasteiger partial charge in [0.25, 0.3) is 0 Å². The first kappa shape index (κ1) is 14.3. The van der Waals surface area contributed by atoms with E-state index in [9.17, 15) is 4.79 Å². The number of ketones is 1. The highest BCUT2D eigenvalue weighted by Crippen LogP contribution is 2.24. The van der Waals surface area contributed by atoms with Gasteiger partial charge in [-0.3, -0.25) is 4.79 Å². The molecular weight excluding hydrogens is 234 g/mol. The minimum absolute atomic E-state index is 0.119. The number of hydrogen-bond acceptors (Lipinski definition) is 4. The number of aromatic nitrogens is 1. The van der Waals surface area contributed by atoms with Crippen LogP contribution in [0.25, 0.3) is 0 Å². The van der Waals surface area contributed by atoms with Gasteiger partial charge in [0.05, 0.1) is 6.42 Å². The average Bonchev–Trinajstić information content (AvgIpc) is 2.58. The van der Waals surface area contributed by atoms with Gasteiger partial charge in [-0.15, -0.1) is 11.3 Å². The predicted octanol–water partition coefficient (Wildman–Crippen LogP) is 3.01. The van der Waals surface area contributed by atoms with Crippen LogP contribution in [-0.4, -0.2) is 23.5 Å². The molecule has 1 heterocycles. The molecule has 0 bridgehead atoms. The molecule has 0 spiro atoms. The van der Waals surface area contributed by atoms with Crippen molar-refractivity contribution in [1.29, 1.82) is 0 Å². The zero-order valence-electron chi connectivity index (χ0n) is 11.2. The molecule has 0 aromatic carbocycles. The second kappa shape index (κ2) is 5.74. The van der Waals surface area contributed by atoms with Gasteiger partial charge in [0.2, 0.25) is 0 Å². The van der Waals surface area contributed by atoms with Gasteiger partial charge < -0.3 is 4.74 Å². The number of thiazole rings is 1. The summed E-state index contributed by atoms with van der Waals surface area (Å²) in [5.74, 6) is 0.119. The SMILES string of the molecule is CCOC(C(=O)Cc1nc(C)cs1)C(C)(C)C. The zero-order valence-corrected chi connectivity index (χ0v) is 12.1. The topological polar surface area (TPSA) is 39.2 Å². The summed E-state index contributed by atoms with van der Waals surface area (Å²) in [7, 11) is 0. The van der Waals surface area contributed by atoms with Crippen LogP contribution in [0, 0.1) is 12.3 Å². The number of rotatable bonds is 5. The summed E-state index contributed by atoms with van der Waals surface area (Å²) in [6.07, 6.45) is 0.0252. The quantitative estimate of drug-likeness (QED) is 0.812. The summed E-state index contributed by atoms with van der Waals surface area (Å²) >= 11 is 1.54. The van der Waals surface area contributed by atoms with Gasteiger partial charge in [-0.25, -0.2) is 4.98 Å². The van der Waals surface area contributed by atoms with Crippen LogP contribution >= 0.6 is 11.3 Å². The summed E-state index contributed by atoms with van der Waals surface area (Å²) in [6.45, 7) is 10.5. The van der Waals surface area contributed by atoms with Crippen molar-refractivity contribution in [2.75, 3.05) is 6.61 Å². The molecule has 0 aliphatic carbocycles. The van der Waals surface area contributed by atoms with E-state index in [1.807, 2.05) is 40.0 Å². The zero-order chi connectivity index (χ0) is 13.1. The largest absolute Gasteiger partial charge is 0.370 e. The average molecular weight is 255 g/mol. The van der Waals surface area contributed by atoms with Crippen LogP contribution < -0.4 is 0 Å².